The SMILES string of the molecule is O=S(=O)(Cc1ccon1)NCC1CCC(c2ccccc2)CC1. The summed E-state index contributed by atoms with van der Waals surface area (Å²) in [6, 6.07) is 12.2. The Morgan fingerprint density at radius 3 is 2.48 bits per heavy atom. The van der Waals surface area contributed by atoms with E-state index in [2.05, 4.69) is 38.7 Å². The van der Waals surface area contributed by atoms with Crippen LogP contribution in [0.4, 0.5) is 0 Å². The van der Waals surface area contributed by atoms with E-state index in [4.69, 9.17) is 0 Å². The fraction of sp³-hybridized carbons (Fsp3) is 0.471. The van der Waals surface area contributed by atoms with Crippen LogP contribution in [0.1, 0.15) is 42.9 Å². The van der Waals surface area contributed by atoms with Crippen molar-refractivity contribution in [3.8, 4) is 0 Å². The van der Waals surface area contributed by atoms with Gasteiger partial charge in [0.05, 0.1) is 5.69 Å². The second-order valence-corrected chi connectivity index (χ2v) is 8.03. The molecule has 23 heavy (non-hydrogen) atoms. The van der Waals surface area contributed by atoms with Crippen LogP contribution in [0.5, 0.6) is 0 Å². The van der Waals surface area contributed by atoms with Crippen LogP contribution in [0, 0.1) is 5.92 Å². The van der Waals surface area contributed by atoms with E-state index >= 15 is 0 Å². The van der Waals surface area contributed by atoms with Crippen LogP contribution < -0.4 is 4.72 Å². The highest BCUT2D eigenvalue weighted by Crippen LogP contribution is 2.35. The molecule has 0 radical (unpaired) electrons. The molecule has 6 heteroatoms. The van der Waals surface area contributed by atoms with Crippen LogP contribution >= 0.6 is 0 Å². The van der Waals surface area contributed by atoms with E-state index in [0.717, 1.165) is 25.7 Å². The molecule has 2 aromatic rings. The van der Waals surface area contributed by atoms with E-state index in [9.17, 15) is 8.42 Å². The molecular weight excluding hydrogens is 312 g/mol. The largest absolute Gasteiger partial charge is 0.364 e. The molecule has 0 bridgehead atoms. The maximum atomic E-state index is 12.0. The number of benzene rings is 1. The standard InChI is InChI=1S/C17H22N2O3S/c20-23(21,13-17-10-11-22-19-17)18-12-14-6-8-16(9-7-14)15-4-2-1-3-5-15/h1-5,10-11,14,16,18H,6-9,12-13H2. The third-order valence-electron chi connectivity index (χ3n) is 4.54. The van der Waals surface area contributed by atoms with E-state index in [1.807, 2.05) is 6.07 Å². The zero-order valence-corrected chi connectivity index (χ0v) is 13.8. The van der Waals surface area contributed by atoms with E-state index in [-0.39, 0.29) is 5.75 Å². The predicted octanol–water partition coefficient (Wildman–Crippen LogP) is 3.07. The number of rotatable bonds is 6. The molecule has 1 aromatic heterocycles. The van der Waals surface area contributed by atoms with Gasteiger partial charge in [0, 0.05) is 12.6 Å². The summed E-state index contributed by atoms with van der Waals surface area (Å²) in [5, 5.41) is 3.65. The quantitative estimate of drug-likeness (QED) is 0.881. The highest BCUT2D eigenvalue weighted by atomic mass is 32.2. The van der Waals surface area contributed by atoms with Gasteiger partial charge in [-0.2, -0.15) is 0 Å². The summed E-state index contributed by atoms with van der Waals surface area (Å²) in [5.74, 6) is 0.907. The lowest BCUT2D eigenvalue weighted by Crippen LogP contribution is -2.32. The highest BCUT2D eigenvalue weighted by Gasteiger charge is 2.23. The third kappa shape index (κ3) is 4.65. The number of hydrogen-bond acceptors (Lipinski definition) is 4. The summed E-state index contributed by atoms with van der Waals surface area (Å²) in [6.45, 7) is 0.516. The van der Waals surface area contributed by atoms with Crippen molar-refractivity contribution in [2.45, 2.75) is 37.4 Å². The summed E-state index contributed by atoms with van der Waals surface area (Å²) < 4.78 is 31.4. The molecule has 0 saturated heterocycles. The Morgan fingerprint density at radius 1 is 1.09 bits per heavy atom. The predicted molar refractivity (Wildman–Crippen MR) is 88.3 cm³/mol. The van der Waals surface area contributed by atoms with Crippen molar-refractivity contribution in [3.05, 3.63) is 53.9 Å². The summed E-state index contributed by atoms with van der Waals surface area (Å²) in [5.41, 5.74) is 1.84. The van der Waals surface area contributed by atoms with Crippen LogP contribution in [-0.2, 0) is 15.8 Å². The van der Waals surface area contributed by atoms with Crippen molar-refractivity contribution < 1.29 is 12.9 Å². The van der Waals surface area contributed by atoms with Crippen molar-refractivity contribution in [1.82, 2.24) is 9.88 Å². The minimum absolute atomic E-state index is 0.122. The summed E-state index contributed by atoms with van der Waals surface area (Å²) in [6.07, 6.45) is 5.76. The number of hydrogen-bond donors (Lipinski definition) is 1. The average Bonchev–Trinajstić information content (AvgIpc) is 3.07. The van der Waals surface area contributed by atoms with Crippen LogP contribution in [0.15, 0.2) is 47.2 Å². The first-order chi connectivity index (χ1) is 11.1. The fourth-order valence-corrected chi connectivity index (χ4v) is 4.36. The molecule has 1 heterocycles. The van der Waals surface area contributed by atoms with Gasteiger partial charge in [-0.05, 0) is 43.1 Å². The van der Waals surface area contributed by atoms with Crippen molar-refractivity contribution in [2.24, 2.45) is 5.92 Å². The van der Waals surface area contributed by atoms with E-state index in [0.29, 0.717) is 24.1 Å². The van der Waals surface area contributed by atoms with Gasteiger partial charge in [0.1, 0.15) is 12.0 Å². The Morgan fingerprint density at radius 2 is 1.83 bits per heavy atom. The molecule has 0 aliphatic heterocycles. The van der Waals surface area contributed by atoms with E-state index in [1.54, 1.807) is 6.07 Å². The number of nitrogens with zero attached hydrogens (tertiary/aromatic N) is 1. The van der Waals surface area contributed by atoms with Gasteiger partial charge < -0.3 is 4.52 Å². The molecule has 0 spiro atoms. The Hall–Kier alpha value is -1.66. The molecule has 3 rings (SSSR count). The van der Waals surface area contributed by atoms with Crippen LogP contribution in [0.2, 0.25) is 0 Å². The van der Waals surface area contributed by atoms with E-state index < -0.39 is 10.0 Å². The van der Waals surface area contributed by atoms with Crippen LogP contribution in [-0.4, -0.2) is 20.1 Å². The highest BCUT2D eigenvalue weighted by molar-refractivity contribution is 7.88. The normalized spacial score (nSPS) is 22.1. The molecule has 1 saturated carbocycles. The van der Waals surface area contributed by atoms with Gasteiger partial charge in [0.2, 0.25) is 10.0 Å². The Balaban J connectivity index is 1.46. The molecule has 1 aliphatic rings. The van der Waals surface area contributed by atoms with Gasteiger partial charge in [-0.3, -0.25) is 0 Å². The maximum absolute atomic E-state index is 12.0. The smallest absolute Gasteiger partial charge is 0.217 e. The zero-order chi connectivity index (χ0) is 16.1. The lowest BCUT2D eigenvalue weighted by molar-refractivity contribution is 0.325. The second-order valence-electron chi connectivity index (χ2n) is 6.23. The van der Waals surface area contributed by atoms with Crippen molar-refractivity contribution in [3.63, 3.8) is 0 Å². The summed E-state index contributed by atoms with van der Waals surface area (Å²) in [7, 11) is -3.34. The van der Waals surface area contributed by atoms with Crippen molar-refractivity contribution in [1.29, 1.82) is 0 Å². The molecular formula is C17H22N2O3S. The molecule has 124 valence electrons. The third-order valence-corrected chi connectivity index (χ3v) is 5.82. The van der Waals surface area contributed by atoms with Gasteiger partial charge in [0.15, 0.2) is 0 Å². The number of aromatic nitrogens is 1. The molecule has 0 atom stereocenters. The number of sulfonamides is 1. The fourth-order valence-electron chi connectivity index (χ4n) is 3.23. The van der Waals surface area contributed by atoms with Crippen molar-refractivity contribution >= 4 is 10.0 Å². The second kappa shape index (κ2) is 7.27. The number of nitrogens with one attached hydrogen (secondary N) is 1. The molecule has 0 unspecified atom stereocenters. The topological polar surface area (TPSA) is 72.2 Å². The Kier molecular flexibility index (Phi) is 5.13. The molecule has 5 nitrogen and oxygen atoms in total. The van der Waals surface area contributed by atoms with Crippen LogP contribution in [0.3, 0.4) is 0 Å². The monoisotopic (exact) mass is 334 g/mol. The van der Waals surface area contributed by atoms with E-state index in [1.165, 1.54) is 11.8 Å². The Bertz CT molecular complexity index is 691. The van der Waals surface area contributed by atoms with Crippen molar-refractivity contribution in [2.75, 3.05) is 6.54 Å². The van der Waals surface area contributed by atoms with Gasteiger partial charge >= 0.3 is 0 Å². The lowest BCUT2D eigenvalue weighted by Gasteiger charge is -2.28. The lowest BCUT2D eigenvalue weighted by atomic mass is 9.79. The first-order valence-corrected chi connectivity index (χ1v) is 9.69. The molecule has 1 aromatic carbocycles. The molecule has 1 N–H and O–H groups in total. The molecule has 1 fully saturated rings. The van der Waals surface area contributed by atoms with Gasteiger partial charge in [-0.25, -0.2) is 13.1 Å². The molecule has 0 amide bonds. The van der Waals surface area contributed by atoms with Crippen LogP contribution in [0.25, 0.3) is 0 Å². The summed E-state index contributed by atoms with van der Waals surface area (Å²) in [4.78, 5) is 0. The molecule has 1 aliphatic carbocycles. The Labute approximate surface area is 137 Å². The first kappa shape index (κ1) is 16.2. The van der Waals surface area contributed by atoms with Gasteiger partial charge in [0.25, 0.3) is 0 Å². The minimum Gasteiger partial charge on any atom is -0.364 e. The minimum atomic E-state index is -3.34. The van der Waals surface area contributed by atoms with Gasteiger partial charge in [-0.1, -0.05) is 35.5 Å². The first-order valence-electron chi connectivity index (χ1n) is 8.04. The average molecular weight is 334 g/mol. The zero-order valence-electron chi connectivity index (χ0n) is 13.0. The van der Waals surface area contributed by atoms with Gasteiger partial charge in [-0.15, -0.1) is 0 Å². The summed E-state index contributed by atoms with van der Waals surface area (Å²) >= 11 is 0. The maximum Gasteiger partial charge on any atom is 0.217 e.